The van der Waals surface area contributed by atoms with Gasteiger partial charge < -0.3 is 4.90 Å². The van der Waals surface area contributed by atoms with Crippen LogP contribution in [0.15, 0.2) is 30.3 Å². The van der Waals surface area contributed by atoms with Gasteiger partial charge in [0, 0.05) is 32.3 Å². The average Bonchev–Trinajstić information content (AvgIpc) is 2.83. The molecule has 2 aromatic rings. The highest BCUT2D eigenvalue weighted by atomic mass is 16.6. The van der Waals surface area contributed by atoms with Crippen LogP contribution in [-0.4, -0.2) is 32.7 Å². The quantitative estimate of drug-likeness (QED) is 0.693. The van der Waals surface area contributed by atoms with Crippen LogP contribution in [0.2, 0.25) is 0 Å². The van der Waals surface area contributed by atoms with Crippen molar-refractivity contribution in [2.75, 3.05) is 12.4 Å². The van der Waals surface area contributed by atoms with Crippen LogP contribution in [0.5, 0.6) is 0 Å². The number of aromatic nitrogens is 2. The second kappa shape index (κ2) is 6.47. The molecule has 0 radical (unpaired) electrons. The van der Waals surface area contributed by atoms with Crippen LogP contribution in [-0.2, 0) is 7.05 Å². The van der Waals surface area contributed by atoms with Gasteiger partial charge in [-0.2, -0.15) is 5.10 Å². The molecule has 1 unspecified atom stereocenters. The lowest BCUT2D eigenvalue weighted by Gasteiger charge is -2.25. The van der Waals surface area contributed by atoms with E-state index < -0.39 is 4.92 Å². The highest BCUT2D eigenvalue weighted by Gasteiger charge is 2.20. The van der Waals surface area contributed by atoms with Crippen molar-refractivity contribution >= 4 is 17.5 Å². The molecule has 0 aliphatic rings. The van der Waals surface area contributed by atoms with Gasteiger partial charge in [-0.1, -0.05) is 12.1 Å². The minimum Gasteiger partial charge on any atom is -0.321 e. The molecule has 1 aromatic carbocycles. The lowest BCUT2D eigenvalue weighted by molar-refractivity contribution is -0.384. The van der Waals surface area contributed by atoms with E-state index in [4.69, 9.17) is 0 Å². The van der Waals surface area contributed by atoms with Gasteiger partial charge in [0.1, 0.15) is 5.82 Å². The standard InChI is InChI=1S/C15H19N5O3/c1-10-8-14(19(4)17-10)16-15(21)18(3)11(2)12-6-5-7-13(9-12)20(22)23/h5-9,11H,1-4H3,(H,16,21). The van der Waals surface area contributed by atoms with Crippen LogP contribution in [0.3, 0.4) is 0 Å². The number of non-ortho nitro benzene ring substituents is 1. The van der Waals surface area contributed by atoms with Crippen LogP contribution in [0, 0.1) is 17.0 Å². The largest absolute Gasteiger partial charge is 0.323 e. The number of nitro benzene ring substituents is 1. The number of urea groups is 1. The Balaban J connectivity index is 2.14. The summed E-state index contributed by atoms with van der Waals surface area (Å²) >= 11 is 0. The molecular weight excluding hydrogens is 298 g/mol. The fraction of sp³-hybridized carbons (Fsp3) is 0.333. The maximum Gasteiger partial charge on any atom is 0.323 e. The number of nitrogens with zero attached hydrogens (tertiary/aromatic N) is 4. The smallest absolute Gasteiger partial charge is 0.321 e. The summed E-state index contributed by atoms with van der Waals surface area (Å²) in [5.74, 6) is 0.589. The van der Waals surface area contributed by atoms with Crippen molar-refractivity contribution in [2.24, 2.45) is 7.05 Å². The molecule has 0 aliphatic carbocycles. The topological polar surface area (TPSA) is 93.3 Å². The van der Waals surface area contributed by atoms with E-state index in [2.05, 4.69) is 10.4 Å². The minimum atomic E-state index is -0.450. The van der Waals surface area contributed by atoms with E-state index in [1.807, 2.05) is 13.8 Å². The summed E-state index contributed by atoms with van der Waals surface area (Å²) in [5.41, 5.74) is 1.50. The highest BCUT2D eigenvalue weighted by molar-refractivity contribution is 5.88. The van der Waals surface area contributed by atoms with Gasteiger partial charge in [-0.3, -0.25) is 20.1 Å². The number of benzene rings is 1. The zero-order valence-corrected chi connectivity index (χ0v) is 13.5. The molecule has 0 spiro atoms. The molecule has 0 fully saturated rings. The number of carbonyl (C=O) groups excluding carboxylic acids is 1. The summed E-state index contributed by atoms with van der Waals surface area (Å²) in [5, 5.41) is 17.8. The first kappa shape index (κ1) is 16.5. The molecule has 1 N–H and O–H groups in total. The molecular formula is C15H19N5O3. The Bertz CT molecular complexity index is 740. The Morgan fingerprint density at radius 2 is 2.13 bits per heavy atom. The van der Waals surface area contributed by atoms with Crippen LogP contribution in [0.25, 0.3) is 0 Å². The molecule has 2 amide bonds. The lowest BCUT2D eigenvalue weighted by Crippen LogP contribution is -2.34. The van der Waals surface area contributed by atoms with Gasteiger partial charge in [-0.15, -0.1) is 0 Å². The van der Waals surface area contributed by atoms with E-state index in [0.717, 1.165) is 5.69 Å². The number of hydrogen-bond donors (Lipinski definition) is 1. The monoisotopic (exact) mass is 317 g/mol. The lowest BCUT2D eigenvalue weighted by atomic mass is 10.1. The van der Waals surface area contributed by atoms with Crippen molar-refractivity contribution in [1.82, 2.24) is 14.7 Å². The van der Waals surface area contributed by atoms with Gasteiger partial charge in [0.2, 0.25) is 0 Å². The number of amides is 2. The summed E-state index contributed by atoms with van der Waals surface area (Å²) in [4.78, 5) is 24.2. The number of carbonyl (C=O) groups is 1. The molecule has 0 bridgehead atoms. The second-order valence-corrected chi connectivity index (χ2v) is 5.36. The van der Waals surface area contributed by atoms with E-state index in [0.29, 0.717) is 11.4 Å². The van der Waals surface area contributed by atoms with E-state index in [-0.39, 0.29) is 17.8 Å². The minimum absolute atomic E-state index is 0.00502. The first-order valence-electron chi connectivity index (χ1n) is 7.08. The van der Waals surface area contributed by atoms with E-state index in [1.165, 1.54) is 17.0 Å². The fourth-order valence-electron chi connectivity index (χ4n) is 2.22. The van der Waals surface area contributed by atoms with Gasteiger partial charge in [0.05, 0.1) is 16.7 Å². The van der Waals surface area contributed by atoms with Crippen LogP contribution >= 0.6 is 0 Å². The van der Waals surface area contributed by atoms with Crippen molar-refractivity contribution in [2.45, 2.75) is 19.9 Å². The third-order valence-corrected chi connectivity index (χ3v) is 3.70. The summed E-state index contributed by atoms with van der Waals surface area (Å²) in [6, 6.07) is 7.41. The van der Waals surface area contributed by atoms with E-state index >= 15 is 0 Å². The van der Waals surface area contributed by atoms with Crippen LogP contribution < -0.4 is 5.32 Å². The Morgan fingerprint density at radius 3 is 2.70 bits per heavy atom. The van der Waals surface area contributed by atoms with Crippen LogP contribution in [0.4, 0.5) is 16.3 Å². The van der Waals surface area contributed by atoms with Crippen molar-refractivity contribution in [3.05, 3.63) is 51.7 Å². The zero-order valence-electron chi connectivity index (χ0n) is 13.5. The molecule has 8 nitrogen and oxygen atoms in total. The molecule has 0 aliphatic heterocycles. The molecule has 23 heavy (non-hydrogen) atoms. The third-order valence-electron chi connectivity index (χ3n) is 3.70. The number of rotatable bonds is 4. The number of nitrogens with one attached hydrogen (secondary N) is 1. The van der Waals surface area contributed by atoms with Gasteiger partial charge in [0.25, 0.3) is 5.69 Å². The summed E-state index contributed by atoms with van der Waals surface area (Å²) in [6.45, 7) is 3.65. The number of aryl methyl sites for hydroxylation is 2. The fourth-order valence-corrected chi connectivity index (χ4v) is 2.22. The first-order chi connectivity index (χ1) is 10.8. The van der Waals surface area contributed by atoms with Gasteiger partial charge >= 0.3 is 6.03 Å². The maximum atomic E-state index is 12.3. The zero-order chi connectivity index (χ0) is 17.1. The predicted octanol–water partition coefficient (Wildman–Crippen LogP) is 2.86. The van der Waals surface area contributed by atoms with E-state index in [1.54, 1.807) is 37.0 Å². The normalized spacial score (nSPS) is 11.8. The highest BCUT2D eigenvalue weighted by Crippen LogP contribution is 2.23. The van der Waals surface area contributed by atoms with Crippen molar-refractivity contribution in [3.8, 4) is 0 Å². The molecule has 8 heteroatoms. The Hall–Kier alpha value is -2.90. The van der Waals surface area contributed by atoms with Gasteiger partial charge in [-0.05, 0) is 19.4 Å². The maximum absolute atomic E-state index is 12.3. The Morgan fingerprint density at radius 1 is 1.43 bits per heavy atom. The summed E-state index contributed by atoms with van der Waals surface area (Å²) in [6.07, 6.45) is 0. The van der Waals surface area contributed by atoms with Crippen molar-refractivity contribution < 1.29 is 9.72 Å². The molecule has 0 saturated carbocycles. The average molecular weight is 317 g/mol. The molecule has 1 atom stereocenters. The molecule has 1 aromatic heterocycles. The Labute approximate surface area is 133 Å². The molecule has 1 heterocycles. The van der Waals surface area contributed by atoms with Crippen molar-refractivity contribution in [3.63, 3.8) is 0 Å². The van der Waals surface area contributed by atoms with Crippen molar-refractivity contribution in [1.29, 1.82) is 0 Å². The molecule has 2 rings (SSSR count). The van der Waals surface area contributed by atoms with Crippen LogP contribution in [0.1, 0.15) is 24.2 Å². The second-order valence-electron chi connectivity index (χ2n) is 5.36. The number of hydrogen-bond acceptors (Lipinski definition) is 4. The van der Waals surface area contributed by atoms with Gasteiger partial charge in [0.15, 0.2) is 0 Å². The molecule has 0 saturated heterocycles. The predicted molar refractivity (Wildman–Crippen MR) is 86.2 cm³/mol. The third kappa shape index (κ3) is 3.65. The van der Waals surface area contributed by atoms with Gasteiger partial charge in [-0.25, -0.2) is 4.79 Å². The SMILES string of the molecule is Cc1cc(NC(=O)N(C)C(C)c2cccc([N+](=O)[O-])c2)n(C)n1. The van der Waals surface area contributed by atoms with E-state index in [9.17, 15) is 14.9 Å². The number of nitro groups is 1. The first-order valence-corrected chi connectivity index (χ1v) is 7.08. The number of anilines is 1. The summed E-state index contributed by atoms with van der Waals surface area (Å²) < 4.78 is 1.58. The Kier molecular flexibility index (Phi) is 4.63. The molecule has 122 valence electrons. The summed E-state index contributed by atoms with van der Waals surface area (Å²) in [7, 11) is 3.38.